The molecule has 1 fully saturated rings. The summed E-state index contributed by atoms with van der Waals surface area (Å²) in [6.45, 7) is 5.88. The quantitative estimate of drug-likeness (QED) is 0.618. The van der Waals surface area contributed by atoms with E-state index in [1.807, 2.05) is 0 Å². The molecule has 1 atom stereocenters. The van der Waals surface area contributed by atoms with Crippen LogP contribution < -0.4 is 14.8 Å². The fourth-order valence-corrected chi connectivity index (χ4v) is 4.80. The Balaban J connectivity index is 1.59. The monoisotopic (exact) mass is 445 g/mol. The van der Waals surface area contributed by atoms with Crippen LogP contribution >= 0.6 is 0 Å². The van der Waals surface area contributed by atoms with Crippen LogP contribution in [0.15, 0.2) is 53.4 Å². The second-order valence-electron chi connectivity index (χ2n) is 8.04. The molecule has 1 aliphatic rings. The van der Waals surface area contributed by atoms with Crippen molar-refractivity contribution in [2.24, 2.45) is 5.92 Å². The number of hydrogen-bond donors (Lipinski definition) is 2. The van der Waals surface area contributed by atoms with Gasteiger partial charge in [0.15, 0.2) is 0 Å². The maximum atomic E-state index is 12.7. The number of carbonyl (C=O) groups is 1. The maximum Gasteiger partial charge on any atom is 0.261 e. The van der Waals surface area contributed by atoms with E-state index < -0.39 is 10.0 Å². The maximum absolute atomic E-state index is 12.7. The van der Waals surface area contributed by atoms with Crippen molar-refractivity contribution in [1.29, 1.82) is 0 Å². The molecule has 1 unspecified atom stereocenters. The van der Waals surface area contributed by atoms with Crippen LogP contribution in [0.25, 0.3) is 0 Å². The van der Waals surface area contributed by atoms with Gasteiger partial charge in [0.2, 0.25) is 0 Å². The van der Waals surface area contributed by atoms with Gasteiger partial charge >= 0.3 is 0 Å². The van der Waals surface area contributed by atoms with E-state index in [2.05, 4.69) is 21.9 Å². The summed E-state index contributed by atoms with van der Waals surface area (Å²) in [4.78, 5) is 15.1. The van der Waals surface area contributed by atoms with E-state index in [1.165, 1.54) is 31.4 Å². The Kier molecular flexibility index (Phi) is 7.92. The molecule has 31 heavy (non-hydrogen) atoms. The summed E-state index contributed by atoms with van der Waals surface area (Å²) in [5.74, 6) is 0.689. The number of amides is 1. The SMILES string of the molecule is COc1ccc(NS(=O)(=O)c2cccc(C(=O)NCC(C)CN3CCCCC3)c2)cc1. The van der Waals surface area contributed by atoms with E-state index in [-0.39, 0.29) is 10.8 Å². The van der Waals surface area contributed by atoms with E-state index in [4.69, 9.17) is 4.74 Å². The molecule has 2 aromatic carbocycles. The zero-order valence-electron chi connectivity index (χ0n) is 18.1. The normalized spacial score (nSPS) is 15.8. The van der Waals surface area contributed by atoms with Crippen molar-refractivity contribution in [3.63, 3.8) is 0 Å². The van der Waals surface area contributed by atoms with Gasteiger partial charge in [0.25, 0.3) is 15.9 Å². The number of carbonyl (C=O) groups excluding carboxylic acids is 1. The number of methoxy groups -OCH3 is 1. The molecular formula is C23H31N3O4S. The van der Waals surface area contributed by atoms with Gasteiger partial charge in [-0.3, -0.25) is 9.52 Å². The van der Waals surface area contributed by atoms with E-state index in [0.29, 0.717) is 29.5 Å². The highest BCUT2D eigenvalue weighted by molar-refractivity contribution is 7.92. The van der Waals surface area contributed by atoms with Gasteiger partial charge in [0.1, 0.15) is 5.75 Å². The van der Waals surface area contributed by atoms with Crippen LogP contribution in [-0.4, -0.2) is 52.5 Å². The van der Waals surface area contributed by atoms with Crippen LogP contribution in [0.3, 0.4) is 0 Å². The van der Waals surface area contributed by atoms with Crippen molar-refractivity contribution in [2.75, 3.05) is 38.0 Å². The van der Waals surface area contributed by atoms with E-state index in [1.54, 1.807) is 43.5 Å². The van der Waals surface area contributed by atoms with Crippen LogP contribution in [0.2, 0.25) is 0 Å². The predicted molar refractivity (Wildman–Crippen MR) is 122 cm³/mol. The van der Waals surface area contributed by atoms with Crippen molar-refractivity contribution in [3.8, 4) is 5.75 Å². The number of anilines is 1. The van der Waals surface area contributed by atoms with Crippen LogP contribution in [0.4, 0.5) is 5.69 Å². The Morgan fingerprint density at radius 2 is 1.81 bits per heavy atom. The Labute approximate surface area is 184 Å². The highest BCUT2D eigenvalue weighted by Crippen LogP contribution is 2.20. The first-order valence-corrected chi connectivity index (χ1v) is 12.1. The van der Waals surface area contributed by atoms with Gasteiger partial charge in [0.05, 0.1) is 12.0 Å². The van der Waals surface area contributed by atoms with E-state index in [0.717, 1.165) is 19.6 Å². The van der Waals surface area contributed by atoms with Crippen molar-refractivity contribution < 1.29 is 17.9 Å². The highest BCUT2D eigenvalue weighted by atomic mass is 32.2. The summed E-state index contributed by atoms with van der Waals surface area (Å²) in [7, 11) is -2.27. The second kappa shape index (κ2) is 10.6. The molecule has 1 amide bonds. The van der Waals surface area contributed by atoms with Crippen LogP contribution in [0.5, 0.6) is 5.75 Å². The number of likely N-dealkylation sites (tertiary alicyclic amines) is 1. The third-order valence-electron chi connectivity index (χ3n) is 5.38. The minimum Gasteiger partial charge on any atom is -0.497 e. The molecule has 1 heterocycles. The first kappa shape index (κ1) is 23.1. The molecule has 8 heteroatoms. The van der Waals surface area contributed by atoms with Crippen molar-refractivity contribution >= 4 is 21.6 Å². The molecule has 168 valence electrons. The van der Waals surface area contributed by atoms with Crippen molar-refractivity contribution in [1.82, 2.24) is 10.2 Å². The number of nitrogens with zero attached hydrogens (tertiary/aromatic N) is 1. The van der Waals surface area contributed by atoms with Gasteiger partial charge in [-0.1, -0.05) is 19.4 Å². The highest BCUT2D eigenvalue weighted by Gasteiger charge is 2.18. The van der Waals surface area contributed by atoms with E-state index in [9.17, 15) is 13.2 Å². The Morgan fingerprint density at radius 3 is 2.48 bits per heavy atom. The van der Waals surface area contributed by atoms with Crippen molar-refractivity contribution in [2.45, 2.75) is 31.1 Å². The number of ether oxygens (including phenoxy) is 1. The lowest BCUT2D eigenvalue weighted by Crippen LogP contribution is -2.38. The molecule has 1 saturated heterocycles. The van der Waals surface area contributed by atoms with Gasteiger partial charge in [-0.25, -0.2) is 8.42 Å². The average Bonchev–Trinajstić information content (AvgIpc) is 2.78. The second-order valence-corrected chi connectivity index (χ2v) is 9.72. The number of benzene rings is 2. The fourth-order valence-electron chi connectivity index (χ4n) is 3.69. The summed E-state index contributed by atoms with van der Waals surface area (Å²) in [6, 6.07) is 12.7. The first-order valence-electron chi connectivity index (χ1n) is 10.6. The molecule has 0 aliphatic carbocycles. The van der Waals surface area contributed by atoms with Crippen LogP contribution in [-0.2, 0) is 10.0 Å². The number of sulfonamides is 1. The first-order chi connectivity index (χ1) is 14.9. The molecule has 0 aromatic heterocycles. The number of rotatable bonds is 9. The zero-order chi connectivity index (χ0) is 22.3. The lowest BCUT2D eigenvalue weighted by Gasteiger charge is -2.29. The summed E-state index contributed by atoms with van der Waals surface area (Å²) in [6.07, 6.45) is 3.78. The Hall–Kier alpha value is -2.58. The number of piperidine rings is 1. The molecule has 1 aliphatic heterocycles. The largest absolute Gasteiger partial charge is 0.497 e. The van der Waals surface area contributed by atoms with Gasteiger partial charge < -0.3 is 15.0 Å². The summed E-state index contributed by atoms with van der Waals surface area (Å²) >= 11 is 0. The smallest absolute Gasteiger partial charge is 0.261 e. The van der Waals surface area contributed by atoms with Gasteiger partial charge in [-0.2, -0.15) is 0 Å². The Morgan fingerprint density at radius 1 is 1.10 bits per heavy atom. The van der Waals surface area contributed by atoms with Gasteiger partial charge in [0, 0.05) is 24.3 Å². The molecule has 3 rings (SSSR count). The molecule has 0 saturated carbocycles. The molecule has 2 N–H and O–H groups in total. The summed E-state index contributed by atoms with van der Waals surface area (Å²) in [5, 5.41) is 2.93. The summed E-state index contributed by atoms with van der Waals surface area (Å²) < 4.78 is 33.1. The average molecular weight is 446 g/mol. The Bertz CT molecular complexity index is 971. The van der Waals surface area contributed by atoms with Crippen molar-refractivity contribution in [3.05, 3.63) is 54.1 Å². The lowest BCUT2D eigenvalue weighted by molar-refractivity contribution is 0.0942. The fraction of sp³-hybridized carbons (Fsp3) is 0.435. The molecule has 2 aromatic rings. The summed E-state index contributed by atoms with van der Waals surface area (Å²) in [5.41, 5.74) is 0.741. The van der Waals surface area contributed by atoms with Crippen LogP contribution in [0, 0.1) is 5.92 Å². The number of nitrogens with one attached hydrogen (secondary N) is 2. The molecular weight excluding hydrogens is 414 g/mol. The number of hydrogen-bond acceptors (Lipinski definition) is 5. The van der Waals surface area contributed by atoms with Crippen LogP contribution in [0.1, 0.15) is 36.5 Å². The topological polar surface area (TPSA) is 87.7 Å². The minimum absolute atomic E-state index is 0.0392. The molecule has 0 bridgehead atoms. The molecule has 0 radical (unpaired) electrons. The predicted octanol–water partition coefficient (Wildman–Crippen LogP) is 3.35. The third kappa shape index (κ3) is 6.70. The zero-order valence-corrected chi connectivity index (χ0v) is 19.0. The molecule has 0 spiro atoms. The standard InChI is InChI=1S/C23H31N3O4S/c1-18(17-26-13-4-3-5-14-26)16-24-23(27)19-7-6-8-22(15-19)31(28,29)25-20-9-11-21(30-2)12-10-20/h6-12,15,18,25H,3-5,13-14,16-17H2,1-2H3,(H,24,27). The van der Waals surface area contributed by atoms with E-state index >= 15 is 0 Å². The van der Waals surface area contributed by atoms with Gasteiger partial charge in [-0.05, 0) is 74.3 Å². The lowest BCUT2D eigenvalue weighted by atomic mass is 10.1. The van der Waals surface area contributed by atoms with Gasteiger partial charge in [-0.15, -0.1) is 0 Å². The third-order valence-corrected chi connectivity index (χ3v) is 6.76. The molecule has 7 nitrogen and oxygen atoms in total. The minimum atomic E-state index is -3.82.